The molecule has 0 aliphatic carbocycles. The maximum Gasteiger partial charge on any atom is 0.320 e. The first-order chi connectivity index (χ1) is 9.61. The largest absolute Gasteiger partial charge is 0.480 e. The Hall–Kier alpha value is -1.10. The van der Waals surface area contributed by atoms with Crippen LogP contribution in [0.15, 0.2) is 0 Å². The molecule has 0 bridgehead atoms. The minimum atomic E-state index is -0.791. The minimum Gasteiger partial charge on any atom is -0.480 e. The van der Waals surface area contributed by atoms with Gasteiger partial charge in [0, 0.05) is 13.1 Å². The Bertz CT molecular complexity index is 351. The summed E-state index contributed by atoms with van der Waals surface area (Å²) in [6.07, 6.45) is 7.12. The van der Waals surface area contributed by atoms with E-state index in [9.17, 15) is 14.7 Å². The summed E-state index contributed by atoms with van der Waals surface area (Å²) in [4.78, 5) is 27.8. The van der Waals surface area contributed by atoms with Gasteiger partial charge in [-0.2, -0.15) is 0 Å². The summed E-state index contributed by atoms with van der Waals surface area (Å²) < 4.78 is 0. The third-order valence-electron chi connectivity index (χ3n) is 4.60. The molecule has 0 aromatic carbocycles. The Kier molecular flexibility index (Phi) is 5.40. The second-order valence-electron chi connectivity index (χ2n) is 6.00. The number of hydrogen-bond donors (Lipinski definition) is 1. The highest BCUT2D eigenvalue weighted by Crippen LogP contribution is 2.21. The van der Waals surface area contributed by atoms with Gasteiger partial charge >= 0.3 is 5.97 Å². The van der Waals surface area contributed by atoms with Crippen LogP contribution in [0.3, 0.4) is 0 Å². The number of likely N-dealkylation sites (tertiary alicyclic amines) is 2. The van der Waals surface area contributed by atoms with Gasteiger partial charge < -0.3 is 10.0 Å². The molecule has 0 aromatic heterocycles. The Morgan fingerprint density at radius 2 is 1.60 bits per heavy atom. The molecule has 2 fully saturated rings. The van der Waals surface area contributed by atoms with Crippen molar-refractivity contribution >= 4 is 11.9 Å². The number of carboxylic acids is 1. The first-order valence-electron chi connectivity index (χ1n) is 7.88. The van der Waals surface area contributed by atoms with Gasteiger partial charge in [0.05, 0.1) is 6.04 Å². The van der Waals surface area contributed by atoms with E-state index in [1.165, 1.54) is 12.8 Å². The molecule has 5 nitrogen and oxygen atoms in total. The van der Waals surface area contributed by atoms with Crippen molar-refractivity contribution in [3.8, 4) is 0 Å². The van der Waals surface area contributed by atoms with Crippen LogP contribution in [0.4, 0.5) is 0 Å². The van der Waals surface area contributed by atoms with Crippen LogP contribution in [0.2, 0.25) is 0 Å². The second-order valence-corrected chi connectivity index (χ2v) is 6.00. The van der Waals surface area contributed by atoms with Crippen molar-refractivity contribution in [1.82, 2.24) is 9.80 Å². The van der Waals surface area contributed by atoms with Crippen molar-refractivity contribution < 1.29 is 14.7 Å². The third kappa shape index (κ3) is 3.51. The quantitative estimate of drug-likeness (QED) is 0.856. The summed E-state index contributed by atoms with van der Waals surface area (Å²) in [5, 5.41) is 9.33. The van der Waals surface area contributed by atoms with Gasteiger partial charge in [0.15, 0.2) is 0 Å². The molecule has 20 heavy (non-hydrogen) atoms. The maximum absolute atomic E-state index is 12.6. The van der Waals surface area contributed by atoms with Crippen LogP contribution in [0.5, 0.6) is 0 Å². The summed E-state index contributed by atoms with van der Waals surface area (Å²) in [7, 11) is 0. The van der Waals surface area contributed by atoms with E-state index in [1.54, 1.807) is 0 Å². The lowest BCUT2D eigenvalue weighted by atomic mass is 9.99. The highest BCUT2D eigenvalue weighted by atomic mass is 16.4. The Balaban J connectivity index is 2.01. The number of carbonyl (C=O) groups excluding carboxylic acids is 1. The lowest BCUT2D eigenvalue weighted by Gasteiger charge is -2.38. The van der Waals surface area contributed by atoms with Gasteiger partial charge in [0.25, 0.3) is 0 Å². The lowest BCUT2D eigenvalue weighted by Crippen LogP contribution is -2.55. The lowest BCUT2D eigenvalue weighted by molar-refractivity contribution is -0.149. The molecule has 2 atom stereocenters. The monoisotopic (exact) mass is 282 g/mol. The minimum absolute atomic E-state index is 0.111. The number of piperidine rings is 1. The van der Waals surface area contributed by atoms with Crippen molar-refractivity contribution in [2.24, 2.45) is 0 Å². The second kappa shape index (κ2) is 7.07. The molecule has 0 aromatic rings. The van der Waals surface area contributed by atoms with Crippen molar-refractivity contribution in [2.45, 2.75) is 64.0 Å². The normalized spacial score (nSPS) is 26.9. The highest BCUT2D eigenvalue weighted by Gasteiger charge is 2.36. The van der Waals surface area contributed by atoms with Crippen LogP contribution < -0.4 is 0 Å². The predicted octanol–water partition coefficient (Wildman–Crippen LogP) is 1.72. The summed E-state index contributed by atoms with van der Waals surface area (Å²) >= 11 is 0. The molecule has 114 valence electrons. The molecule has 5 heteroatoms. The first-order valence-corrected chi connectivity index (χ1v) is 7.88. The van der Waals surface area contributed by atoms with Crippen molar-refractivity contribution in [1.29, 1.82) is 0 Å². The van der Waals surface area contributed by atoms with E-state index in [0.717, 1.165) is 45.3 Å². The summed E-state index contributed by atoms with van der Waals surface area (Å²) in [6, 6.07) is -0.802. The Labute approximate surface area is 120 Å². The van der Waals surface area contributed by atoms with E-state index in [0.29, 0.717) is 6.42 Å². The van der Waals surface area contributed by atoms with Gasteiger partial charge in [-0.1, -0.05) is 19.3 Å². The molecule has 2 aliphatic rings. The standard InChI is InChI=1S/C15H26N2O3/c1-12(14(18)16-9-5-2-3-6-10-16)17-11-7-4-8-13(17)15(19)20/h12-13H,2-11H2,1H3,(H,19,20). The number of aliphatic carboxylic acids is 1. The molecule has 2 heterocycles. The van der Waals surface area contributed by atoms with E-state index < -0.39 is 12.0 Å². The van der Waals surface area contributed by atoms with Gasteiger partial charge in [-0.3, -0.25) is 14.5 Å². The third-order valence-corrected chi connectivity index (χ3v) is 4.60. The summed E-state index contributed by atoms with van der Waals surface area (Å²) in [5.74, 6) is -0.680. The van der Waals surface area contributed by atoms with Gasteiger partial charge in [0.2, 0.25) is 5.91 Å². The molecule has 2 rings (SSSR count). The van der Waals surface area contributed by atoms with Gasteiger partial charge in [-0.15, -0.1) is 0 Å². The predicted molar refractivity (Wildman–Crippen MR) is 76.5 cm³/mol. The smallest absolute Gasteiger partial charge is 0.320 e. The molecule has 2 aliphatic heterocycles. The van der Waals surface area contributed by atoms with Crippen molar-refractivity contribution in [3.05, 3.63) is 0 Å². The van der Waals surface area contributed by atoms with E-state index in [4.69, 9.17) is 0 Å². The first kappa shape index (κ1) is 15.3. The number of rotatable bonds is 3. The Morgan fingerprint density at radius 3 is 2.20 bits per heavy atom. The molecule has 0 saturated carbocycles. The Morgan fingerprint density at radius 1 is 1.00 bits per heavy atom. The topological polar surface area (TPSA) is 60.9 Å². The van der Waals surface area contributed by atoms with Gasteiger partial charge in [0.1, 0.15) is 6.04 Å². The summed E-state index contributed by atoms with van der Waals surface area (Å²) in [6.45, 7) is 4.25. The van der Waals surface area contributed by atoms with E-state index >= 15 is 0 Å². The average Bonchev–Trinajstić information content (AvgIpc) is 2.74. The zero-order valence-corrected chi connectivity index (χ0v) is 12.4. The number of carboxylic acid groups (broad SMARTS) is 1. The van der Waals surface area contributed by atoms with Gasteiger partial charge in [-0.05, 0) is 39.2 Å². The molecule has 1 N–H and O–H groups in total. The fourth-order valence-electron chi connectivity index (χ4n) is 3.38. The maximum atomic E-state index is 12.6. The molecular weight excluding hydrogens is 256 g/mol. The molecule has 2 unspecified atom stereocenters. The summed E-state index contributed by atoms with van der Waals surface area (Å²) in [5.41, 5.74) is 0. The van der Waals surface area contributed by atoms with Crippen LogP contribution in [0.1, 0.15) is 51.9 Å². The SMILES string of the molecule is CC(C(=O)N1CCCCCC1)N1CCCCC1C(=O)O. The average molecular weight is 282 g/mol. The number of nitrogens with zero attached hydrogens (tertiary/aromatic N) is 2. The molecule has 2 saturated heterocycles. The highest BCUT2D eigenvalue weighted by molar-refractivity contribution is 5.83. The van der Waals surface area contributed by atoms with E-state index in [2.05, 4.69) is 0 Å². The van der Waals surface area contributed by atoms with Crippen molar-refractivity contribution in [2.75, 3.05) is 19.6 Å². The van der Waals surface area contributed by atoms with Crippen LogP contribution in [-0.4, -0.2) is 58.5 Å². The zero-order valence-electron chi connectivity index (χ0n) is 12.4. The fraction of sp³-hybridized carbons (Fsp3) is 0.867. The number of amides is 1. The number of carbonyl (C=O) groups is 2. The van der Waals surface area contributed by atoms with Crippen LogP contribution in [-0.2, 0) is 9.59 Å². The van der Waals surface area contributed by atoms with Crippen LogP contribution in [0.25, 0.3) is 0 Å². The van der Waals surface area contributed by atoms with E-state index in [1.807, 2.05) is 16.7 Å². The fourth-order valence-corrected chi connectivity index (χ4v) is 3.38. The molecule has 0 radical (unpaired) electrons. The molecule has 0 spiro atoms. The molecular formula is C15H26N2O3. The number of hydrogen-bond acceptors (Lipinski definition) is 3. The van der Waals surface area contributed by atoms with Crippen molar-refractivity contribution in [3.63, 3.8) is 0 Å². The van der Waals surface area contributed by atoms with Crippen LogP contribution >= 0.6 is 0 Å². The van der Waals surface area contributed by atoms with Gasteiger partial charge in [-0.25, -0.2) is 0 Å². The zero-order chi connectivity index (χ0) is 14.5. The van der Waals surface area contributed by atoms with Crippen LogP contribution in [0, 0.1) is 0 Å². The van der Waals surface area contributed by atoms with E-state index in [-0.39, 0.29) is 11.9 Å². The molecule has 1 amide bonds.